The number of hydrogen-bond acceptors (Lipinski definition) is 5. The number of carbonyl (C=O) groups is 1. The molecule has 0 atom stereocenters. The molecule has 0 radical (unpaired) electrons. The number of hydrogen-bond donors (Lipinski definition) is 1. The Labute approximate surface area is 150 Å². The van der Waals surface area contributed by atoms with Gasteiger partial charge in [-0.25, -0.2) is 9.78 Å². The van der Waals surface area contributed by atoms with Crippen molar-refractivity contribution < 1.29 is 9.53 Å². The van der Waals surface area contributed by atoms with E-state index in [9.17, 15) is 14.4 Å². The van der Waals surface area contributed by atoms with Crippen molar-refractivity contribution in [3.05, 3.63) is 38.5 Å². The van der Waals surface area contributed by atoms with Crippen molar-refractivity contribution in [2.75, 3.05) is 13.1 Å². The molecular formula is C18H24N4O4. The number of nitrogens with zero attached hydrogens (tertiary/aromatic N) is 3. The minimum Gasteiger partial charge on any atom is -0.444 e. The Bertz CT molecular complexity index is 946. The minimum absolute atomic E-state index is 0.180. The van der Waals surface area contributed by atoms with Crippen LogP contribution in [0.2, 0.25) is 0 Å². The molecule has 0 aliphatic carbocycles. The second kappa shape index (κ2) is 6.59. The molecule has 2 aromatic heterocycles. The lowest BCUT2D eigenvalue weighted by Gasteiger charge is -2.34. The van der Waals surface area contributed by atoms with Gasteiger partial charge in [0.2, 0.25) is 0 Å². The lowest BCUT2D eigenvalue weighted by molar-refractivity contribution is 0.0188. The van der Waals surface area contributed by atoms with Gasteiger partial charge < -0.3 is 14.6 Å². The van der Waals surface area contributed by atoms with E-state index in [0.29, 0.717) is 37.1 Å². The second-order valence-corrected chi connectivity index (χ2v) is 7.65. The van der Waals surface area contributed by atoms with Crippen LogP contribution in [-0.4, -0.2) is 44.2 Å². The number of aromatic nitrogens is 3. The number of piperidine rings is 1. The molecule has 3 rings (SSSR count). The van der Waals surface area contributed by atoms with Gasteiger partial charge in [0.05, 0.1) is 5.52 Å². The first kappa shape index (κ1) is 18.2. The third-order valence-electron chi connectivity index (χ3n) is 4.50. The van der Waals surface area contributed by atoms with Crippen LogP contribution in [0.15, 0.2) is 21.9 Å². The molecule has 0 bridgehead atoms. The highest BCUT2D eigenvalue weighted by Crippen LogP contribution is 2.25. The van der Waals surface area contributed by atoms with Crippen LogP contribution in [0.5, 0.6) is 0 Å². The zero-order valence-electron chi connectivity index (χ0n) is 15.5. The fourth-order valence-corrected chi connectivity index (χ4v) is 3.23. The van der Waals surface area contributed by atoms with Gasteiger partial charge in [-0.05, 0) is 52.2 Å². The van der Waals surface area contributed by atoms with Crippen molar-refractivity contribution in [1.29, 1.82) is 0 Å². The van der Waals surface area contributed by atoms with Crippen molar-refractivity contribution in [3.63, 3.8) is 0 Å². The number of nitrogens with one attached hydrogen (secondary N) is 1. The summed E-state index contributed by atoms with van der Waals surface area (Å²) < 4.78 is 6.88. The van der Waals surface area contributed by atoms with Crippen LogP contribution < -0.4 is 11.1 Å². The Morgan fingerprint density at radius 1 is 1.27 bits per heavy atom. The van der Waals surface area contributed by atoms with Gasteiger partial charge in [-0.3, -0.25) is 14.2 Å². The summed E-state index contributed by atoms with van der Waals surface area (Å²) in [6, 6.07) is 1.61. The van der Waals surface area contributed by atoms with E-state index < -0.39 is 16.7 Å². The molecule has 2 aromatic rings. The molecule has 1 fully saturated rings. The zero-order chi connectivity index (χ0) is 19.1. The normalized spacial score (nSPS) is 16.1. The van der Waals surface area contributed by atoms with E-state index in [0.717, 1.165) is 5.56 Å². The van der Waals surface area contributed by atoms with Crippen LogP contribution >= 0.6 is 0 Å². The summed E-state index contributed by atoms with van der Waals surface area (Å²) >= 11 is 0. The van der Waals surface area contributed by atoms with Crippen molar-refractivity contribution in [3.8, 4) is 0 Å². The first-order valence-corrected chi connectivity index (χ1v) is 8.75. The molecule has 0 unspecified atom stereocenters. The molecule has 1 amide bonds. The minimum atomic E-state index is -0.650. The molecule has 8 nitrogen and oxygen atoms in total. The van der Waals surface area contributed by atoms with Crippen molar-refractivity contribution in [2.24, 2.45) is 0 Å². The summed E-state index contributed by atoms with van der Waals surface area (Å²) in [5, 5.41) is 0. The first-order chi connectivity index (χ1) is 12.2. The fraction of sp³-hybridized carbons (Fsp3) is 0.556. The average molecular weight is 360 g/mol. The fourth-order valence-electron chi connectivity index (χ4n) is 3.23. The van der Waals surface area contributed by atoms with Gasteiger partial charge in [0.1, 0.15) is 5.60 Å². The topological polar surface area (TPSA) is 97.3 Å². The van der Waals surface area contributed by atoms with Crippen LogP contribution in [0.1, 0.15) is 45.2 Å². The van der Waals surface area contributed by atoms with E-state index in [1.165, 1.54) is 4.57 Å². The Balaban J connectivity index is 1.88. The maximum atomic E-state index is 12.5. The molecule has 1 saturated heterocycles. The number of carbonyl (C=O) groups excluding carboxylic acids is 1. The molecule has 0 spiro atoms. The molecule has 0 saturated carbocycles. The van der Waals surface area contributed by atoms with E-state index in [4.69, 9.17) is 4.74 Å². The summed E-state index contributed by atoms with van der Waals surface area (Å²) in [6.07, 6.45) is 2.40. The lowest BCUT2D eigenvalue weighted by Crippen LogP contribution is -2.45. The number of aromatic amines is 1. The van der Waals surface area contributed by atoms with Crippen LogP contribution in [-0.2, 0) is 4.74 Å². The van der Waals surface area contributed by atoms with E-state index in [-0.39, 0.29) is 12.1 Å². The van der Waals surface area contributed by atoms with Gasteiger partial charge >= 0.3 is 17.2 Å². The smallest absolute Gasteiger partial charge is 0.410 e. The van der Waals surface area contributed by atoms with Crippen molar-refractivity contribution in [1.82, 2.24) is 19.4 Å². The predicted octanol–water partition coefficient (Wildman–Crippen LogP) is 1.97. The zero-order valence-corrected chi connectivity index (χ0v) is 15.5. The lowest BCUT2D eigenvalue weighted by atomic mass is 10.0. The van der Waals surface area contributed by atoms with Gasteiger partial charge in [0.15, 0.2) is 5.65 Å². The summed E-state index contributed by atoms with van der Waals surface area (Å²) in [5.41, 5.74) is 0.105. The molecule has 26 heavy (non-hydrogen) atoms. The van der Waals surface area contributed by atoms with E-state index in [2.05, 4.69) is 9.97 Å². The number of fused-ring (bicyclic) bond motifs is 1. The number of aryl methyl sites for hydroxylation is 1. The number of ether oxygens (including phenoxy) is 1. The largest absolute Gasteiger partial charge is 0.444 e. The van der Waals surface area contributed by atoms with Gasteiger partial charge in [0, 0.05) is 25.3 Å². The van der Waals surface area contributed by atoms with Crippen LogP contribution in [0.25, 0.3) is 11.2 Å². The number of likely N-dealkylation sites (tertiary alicyclic amines) is 1. The van der Waals surface area contributed by atoms with Crippen molar-refractivity contribution in [2.45, 2.75) is 52.2 Å². The Morgan fingerprint density at radius 3 is 2.54 bits per heavy atom. The molecule has 1 N–H and O–H groups in total. The summed E-state index contributed by atoms with van der Waals surface area (Å²) in [6.45, 7) is 8.27. The third-order valence-corrected chi connectivity index (χ3v) is 4.50. The van der Waals surface area contributed by atoms with Gasteiger partial charge in [-0.1, -0.05) is 0 Å². The highest BCUT2D eigenvalue weighted by atomic mass is 16.6. The molecular weight excluding hydrogens is 336 g/mol. The molecule has 8 heteroatoms. The van der Waals surface area contributed by atoms with E-state index in [1.807, 2.05) is 27.7 Å². The van der Waals surface area contributed by atoms with Gasteiger partial charge in [-0.15, -0.1) is 0 Å². The Kier molecular flexibility index (Phi) is 4.60. The highest BCUT2D eigenvalue weighted by Gasteiger charge is 2.29. The summed E-state index contributed by atoms with van der Waals surface area (Å²) in [4.78, 5) is 45.3. The molecule has 140 valence electrons. The molecule has 1 aliphatic rings. The third kappa shape index (κ3) is 3.49. The Morgan fingerprint density at radius 2 is 1.92 bits per heavy atom. The van der Waals surface area contributed by atoms with Crippen LogP contribution in [0.4, 0.5) is 4.79 Å². The number of rotatable bonds is 1. The van der Waals surface area contributed by atoms with E-state index in [1.54, 1.807) is 17.2 Å². The predicted molar refractivity (Wildman–Crippen MR) is 97.4 cm³/mol. The molecule has 0 aromatic carbocycles. The number of pyridine rings is 1. The molecule has 1 aliphatic heterocycles. The average Bonchev–Trinajstić information content (AvgIpc) is 2.56. The first-order valence-electron chi connectivity index (χ1n) is 8.75. The summed E-state index contributed by atoms with van der Waals surface area (Å²) in [5.74, 6) is 0. The van der Waals surface area contributed by atoms with Crippen LogP contribution in [0.3, 0.4) is 0 Å². The van der Waals surface area contributed by atoms with Gasteiger partial charge in [0.25, 0.3) is 0 Å². The standard InChI is InChI=1S/C18H24N4O4/c1-11-5-8-19-14-13(11)20-15(23)16(24)22(14)12-6-9-21(10-7-12)17(25)26-18(2,3)4/h5,8,12H,6-7,9-10H2,1-4H3,(H,20,23). The Hall–Kier alpha value is -2.64. The van der Waals surface area contributed by atoms with Crippen molar-refractivity contribution >= 4 is 17.3 Å². The quantitative estimate of drug-likeness (QED) is 0.784. The second-order valence-electron chi connectivity index (χ2n) is 7.65. The maximum absolute atomic E-state index is 12.5. The SMILES string of the molecule is Cc1ccnc2c1[nH]c(=O)c(=O)n2C1CCN(C(=O)OC(C)(C)C)CC1. The molecule has 3 heterocycles. The number of amides is 1. The summed E-state index contributed by atoms with van der Waals surface area (Å²) in [7, 11) is 0. The van der Waals surface area contributed by atoms with Gasteiger partial charge in [-0.2, -0.15) is 0 Å². The van der Waals surface area contributed by atoms with E-state index >= 15 is 0 Å². The number of H-pyrrole nitrogens is 1. The monoisotopic (exact) mass is 360 g/mol. The maximum Gasteiger partial charge on any atom is 0.410 e. The highest BCUT2D eigenvalue weighted by molar-refractivity contribution is 5.73. The van der Waals surface area contributed by atoms with Crippen LogP contribution in [0, 0.1) is 6.92 Å².